The van der Waals surface area contributed by atoms with Crippen LogP contribution in [0.4, 0.5) is 39.1 Å². The maximum atomic E-state index is 14.3. The van der Waals surface area contributed by atoms with Crippen molar-refractivity contribution in [3.63, 3.8) is 0 Å². The highest BCUT2D eigenvalue weighted by Gasteiger charge is 2.46. The summed E-state index contributed by atoms with van der Waals surface area (Å²) in [5, 5.41) is 9.43. The second-order valence-corrected chi connectivity index (χ2v) is 15.5. The zero-order valence-electron chi connectivity index (χ0n) is 28.5. The molecule has 3 aliphatic rings. The molecule has 1 aromatic heterocycles. The minimum atomic E-state index is -5.25. The lowest BCUT2D eigenvalue weighted by Gasteiger charge is -2.39. The van der Waals surface area contributed by atoms with Crippen LogP contribution in [0.25, 0.3) is 10.9 Å². The number of benzene rings is 3. The third-order valence-corrected chi connectivity index (χ3v) is 11.9. The summed E-state index contributed by atoms with van der Waals surface area (Å²) in [5.41, 5.74) is 0.387. The number of H-pyrrole nitrogens is 1. The van der Waals surface area contributed by atoms with Crippen molar-refractivity contribution in [2.24, 2.45) is 0 Å². The lowest BCUT2D eigenvalue weighted by molar-refractivity contribution is -0.171. The number of likely N-dealkylation sites (tertiary alicyclic amines) is 1. The highest BCUT2D eigenvalue weighted by atomic mass is 32.2. The average Bonchev–Trinajstić information content (AvgIpc) is 3.82. The summed E-state index contributed by atoms with van der Waals surface area (Å²) in [4.78, 5) is 31.4. The number of aromatic nitrogens is 2. The van der Waals surface area contributed by atoms with E-state index in [0.717, 1.165) is 44.8 Å². The Morgan fingerprint density at radius 1 is 0.868 bits per heavy atom. The van der Waals surface area contributed by atoms with Crippen molar-refractivity contribution >= 4 is 49.7 Å². The van der Waals surface area contributed by atoms with E-state index in [0.29, 0.717) is 47.9 Å². The van der Waals surface area contributed by atoms with Crippen molar-refractivity contribution in [3.8, 4) is 0 Å². The Bertz CT molecular complexity index is 2100. The lowest BCUT2D eigenvalue weighted by Crippen LogP contribution is -2.50. The van der Waals surface area contributed by atoms with E-state index >= 15 is 0 Å². The molecular weight excluding hydrogens is 723 g/mol. The van der Waals surface area contributed by atoms with Crippen LogP contribution >= 0.6 is 0 Å². The fourth-order valence-corrected chi connectivity index (χ4v) is 8.83. The molecule has 282 valence electrons. The number of ether oxygens (including phenoxy) is 1. The van der Waals surface area contributed by atoms with Gasteiger partial charge in [-0.15, -0.1) is 0 Å². The number of alkyl halides is 3. The summed E-state index contributed by atoms with van der Waals surface area (Å²) in [7, 11) is -4.43. The summed E-state index contributed by atoms with van der Waals surface area (Å²) in [6.07, 6.45) is -0.974. The molecule has 3 saturated heterocycles. The predicted molar refractivity (Wildman–Crippen MR) is 186 cm³/mol. The molecule has 0 unspecified atom stereocenters. The van der Waals surface area contributed by atoms with E-state index in [1.807, 2.05) is 4.90 Å². The molecule has 4 aromatic rings. The number of anilines is 3. The van der Waals surface area contributed by atoms with E-state index in [-0.39, 0.29) is 58.9 Å². The van der Waals surface area contributed by atoms with Crippen LogP contribution in [0.5, 0.6) is 0 Å². The monoisotopic (exact) mass is 760 g/mol. The SMILES string of the molecule is O=C(Nc1n[nH]c2ccc(S(=O)(=O)c3cc(F)cc(F)c3)cc12)c1ccc(N2CCC(N3CCCC3)CC2)cc1N(C(=O)C(F)(F)F)C1CCOCC1. The number of nitrogens with one attached hydrogen (secondary N) is 2. The van der Waals surface area contributed by atoms with E-state index in [1.165, 1.54) is 24.3 Å². The number of aromatic amines is 1. The first-order valence-electron chi connectivity index (χ1n) is 17.4. The van der Waals surface area contributed by atoms with Crippen LogP contribution in [-0.4, -0.2) is 93.0 Å². The number of rotatable bonds is 8. The minimum absolute atomic E-state index is 0.1000. The van der Waals surface area contributed by atoms with Gasteiger partial charge in [0.2, 0.25) is 9.84 Å². The molecule has 2 amide bonds. The van der Waals surface area contributed by atoms with Gasteiger partial charge in [0, 0.05) is 55.5 Å². The molecule has 0 aliphatic carbocycles. The van der Waals surface area contributed by atoms with E-state index in [1.54, 1.807) is 6.07 Å². The number of halogens is 5. The molecule has 53 heavy (non-hydrogen) atoms. The minimum Gasteiger partial charge on any atom is -0.381 e. The summed E-state index contributed by atoms with van der Waals surface area (Å²) in [5.74, 6) is -5.36. The van der Waals surface area contributed by atoms with Gasteiger partial charge in [-0.3, -0.25) is 14.7 Å². The van der Waals surface area contributed by atoms with Crippen molar-refractivity contribution in [1.29, 1.82) is 0 Å². The molecular formula is C36H37F5N6O5S. The zero-order chi connectivity index (χ0) is 37.5. The number of hydrogen-bond acceptors (Lipinski definition) is 8. The van der Waals surface area contributed by atoms with Crippen LogP contribution in [-0.2, 0) is 19.4 Å². The second-order valence-electron chi connectivity index (χ2n) is 13.5. The van der Waals surface area contributed by atoms with Gasteiger partial charge in [0.05, 0.1) is 26.6 Å². The molecule has 0 saturated carbocycles. The zero-order valence-corrected chi connectivity index (χ0v) is 29.3. The first kappa shape index (κ1) is 36.7. The molecule has 7 rings (SSSR count). The largest absolute Gasteiger partial charge is 0.471 e. The second kappa shape index (κ2) is 14.7. The maximum absolute atomic E-state index is 14.3. The fraction of sp³-hybridized carbons (Fsp3) is 0.417. The number of nitrogens with zero attached hydrogens (tertiary/aromatic N) is 4. The molecule has 2 N–H and O–H groups in total. The van der Waals surface area contributed by atoms with E-state index in [9.17, 15) is 40.0 Å². The van der Waals surface area contributed by atoms with Crippen LogP contribution in [0.1, 0.15) is 48.9 Å². The lowest BCUT2D eigenvalue weighted by atomic mass is 10.00. The van der Waals surface area contributed by atoms with Crippen molar-refractivity contribution in [2.75, 3.05) is 54.5 Å². The van der Waals surface area contributed by atoms with Crippen molar-refractivity contribution in [1.82, 2.24) is 15.1 Å². The number of hydrogen-bond donors (Lipinski definition) is 2. The van der Waals surface area contributed by atoms with E-state index in [2.05, 4.69) is 20.4 Å². The third-order valence-electron chi connectivity index (χ3n) is 10.2. The quantitative estimate of drug-likeness (QED) is 0.208. The Kier molecular flexibility index (Phi) is 10.2. The van der Waals surface area contributed by atoms with E-state index in [4.69, 9.17) is 4.74 Å². The summed E-state index contributed by atoms with van der Waals surface area (Å²) < 4.78 is 103. The van der Waals surface area contributed by atoms with Gasteiger partial charge in [0.25, 0.3) is 5.91 Å². The molecule has 0 atom stereocenters. The molecule has 11 nitrogen and oxygen atoms in total. The Balaban J connectivity index is 1.24. The molecule has 17 heteroatoms. The van der Waals surface area contributed by atoms with Crippen LogP contribution in [0.2, 0.25) is 0 Å². The number of carbonyl (C=O) groups excluding carboxylic acids is 2. The Morgan fingerprint density at radius 2 is 1.55 bits per heavy atom. The highest BCUT2D eigenvalue weighted by molar-refractivity contribution is 7.91. The molecule has 0 spiro atoms. The summed E-state index contributed by atoms with van der Waals surface area (Å²) >= 11 is 0. The van der Waals surface area contributed by atoms with Gasteiger partial charge in [-0.25, -0.2) is 17.2 Å². The van der Waals surface area contributed by atoms with Crippen LogP contribution in [0, 0.1) is 11.6 Å². The fourth-order valence-electron chi connectivity index (χ4n) is 7.51. The van der Waals surface area contributed by atoms with Gasteiger partial charge >= 0.3 is 12.1 Å². The number of piperidine rings is 1. The molecule has 3 aliphatic heterocycles. The first-order chi connectivity index (χ1) is 25.3. The summed E-state index contributed by atoms with van der Waals surface area (Å²) in [6, 6.07) is 9.57. The normalized spacial score (nSPS) is 18.1. The standard InChI is InChI=1S/C36H37F5N6O5S/c37-22-17-23(38)19-28(18-22)53(50,51)27-4-6-31-30(21-27)33(44-43-31)42-34(48)29-5-3-26(46-13-7-24(8-14-46)45-11-1-2-12-45)20-32(29)47(35(49)36(39,40)41)25-9-15-52-16-10-25/h3-6,17-21,24-25H,1-2,7-16H2,(H2,42,43,44,48). The van der Waals surface area contributed by atoms with Crippen molar-refractivity contribution in [3.05, 3.63) is 71.8 Å². The molecule has 0 radical (unpaired) electrons. The van der Waals surface area contributed by atoms with Crippen molar-refractivity contribution in [2.45, 2.75) is 66.6 Å². The Morgan fingerprint density at radius 3 is 2.21 bits per heavy atom. The molecule has 3 aromatic carbocycles. The van der Waals surface area contributed by atoms with Gasteiger partial charge in [-0.05, 0) is 100 Å². The number of amides is 2. The smallest absolute Gasteiger partial charge is 0.381 e. The van der Waals surface area contributed by atoms with Crippen molar-refractivity contribution < 1.29 is 44.7 Å². The topological polar surface area (TPSA) is 128 Å². The van der Waals surface area contributed by atoms with Crippen LogP contribution in [0.15, 0.2) is 64.4 Å². The predicted octanol–water partition coefficient (Wildman–Crippen LogP) is 6.07. The molecule has 4 heterocycles. The Labute approximate surface area is 302 Å². The third kappa shape index (κ3) is 7.59. The highest BCUT2D eigenvalue weighted by Crippen LogP contribution is 2.37. The number of fused-ring (bicyclic) bond motifs is 1. The van der Waals surface area contributed by atoms with Gasteiger partial charge in [0.15, 0.2) is 5.82 Å². The first-order valence-corrected chi connectivity index (χ1v) is 18.9. The molecule has 3 fully saturated rings. The maximum Gasteiger partial charge on any atom is 0.471 e. The van der Waals surface area contributed by atoms with Gasteiger partial charge in [0.1, 0.15) is 11.6 Å². The average molecular weight is 761 g/mol. The number of carbonyl (C=O) groups is 2. The molecule has 0 bridgehead atoms. The summed E-state index contributed by atoms with van der Waals surface area (Å²) in [6.45, 7) is 3.64. The van der Waals surface area contributed by atoms with Gasteiger partial charge in [-0.2, -0.15) is 18.3 Å². The van der Waals surface area contributed by atoms with E-state index < -0.39 is 50.4 Å². The Hall–Kier alpha value is -4.61. The van der Waals surface area contributed by atoms with Gasteiger partial charge in [-0.1, -0.05) is 0 Å². The van der Waals surface area contributed by atoms with Gasteiger partial charge < -0.3 is 24.8 Å². The van der Waals surface area contributed by atoms with Crippen LogP contribution in [0.3, 0.4) is 0 Å². The number of sulfone groups is 1. The van der Waals surface area contributed by atoms with Crippen LogP contribution < -0.4 is 15.1 Å².